The van der Waals surface area contributed by atoms with Crippen molar-refractivity contribution in [2.45, 2.75) is 33.7 Å². The van der Waals surface area contributed by atoms with Crippen LogP contribution in [0.1, 0.15) is 43.6 Å². The van der Waals surface area contributed by atoms with E-state index in [9.17, 15) is 4.79 Å². The fraction of sp³-hybridized carbons (Fsp3) is 0.467. The molecule has 0 aromatic heterocycles. The first kappa shape index (κ1) is 15.6. The van der Waals surface area contributed by atoms with Crippen molar-refractivity contribution < 1.29 is 4.79 Å². The van der Waals surface area contributed by atoms with Crippen LogP contribution < -0.4 is 5.73 Å². The molecule has 1 rings (SSSR count). The first-order valence-corrected chi connectivity index (χ1v) is 6.94. The molecule has 0 radical (unpaired) electrons. The van der Waals surface area contributed by atoms with Gasteiger partial charge in [0, 0.05) is 23.7 Å². The number of carbonyl (C=O) groups excluding carboxylic acids is 1. The van der Waals surface area contributed by atoms with E-state index in [1.807, 2.05) is 18.7 Å². The van der Waals surface area contributed by atoms with Gasteiger partial charge in [0.2, 0.25) is 0 Å². The van der Waals surface area contributed by atoms with Gasteiger partial charge in [0.05, 0.1) is 0 Å². The highest BCUT2D eigenvalue weighted by Crippen LogP contribution is 2.12. The Hall–Kier alpha value is -1.42. The summed E-state index contributed by atoms with van der Waals surface area (Å²) < 4.78 is 0. The summed E-state index contributed by atoms with van der Waals surface area (Å²) in [5, 5.41) is 0. The molecular weight excluding hydrogens is 256 g/mol. The smallest absolute Gasteiger partial charge is 0.254 e. The molecule has 0 aliphatic rings. The second-order valence-electron chi connectivity index (χ2n) is 5.39. The highest BCUT2D eigenvalue weighted by atomic mass is 32.1. The molecule has 0 bridgehead atoms. The summed E-state index contributed by atoms with van der Waals surface area (Å²) in [4.78, 5) is 14.7. The molecule has 0 unspecified atom stereocenters. The summed E-state index contributed by atoms with van der Waals surface area (Å²) in [7, 11) is 0. The Morgan fingerprint density at radius 1 is 1.16 bits per heavy atom. The number of nitrogens with zero attached hydrogens (tertiary/aromatic N) is 1. The molecule has 19 heavy (non-hydrogen) atoms. The maximum Gasteiger partial charge on any atom is 0.254 e. The minimum Gasteiger partial charge on any atom is -0.389 e. The fourth-order valence-corrected chi connectivity index (χ4v) is 2.00. The van der Waals surface area contributed by atoms with Crippen molar-refractivity contribution in [3.05, 3.63) is 35.4 Å². The Balaban J connectivity index is 2.93. The van der Waals surface area contributed by atoms with Crippen molar-refractivity contribution in [2.24, 2.45) is 11.7 Å². The Bertz CT molecular complexity index is 452. The summed E-state index contributed by atoms with van der Waals surface area (Å²) in [6.45, 7) is 9.04. The van der Waals surface area contributed by atoms with Crippen molar-refractivity contribution in [1.29, 1.82) is 0 Å². The highest BCUT2D eigenvalue weighted by Gasteiger charge is 2.19. The number of thiocarbonyl (C=S) groups is 1. The van der Waals surface area contributed by atoms with E-state index >= 15 is 0 Å². The van der Waals surface area contributed by atoms with Gasteiger partial charge >= 0.3 is 0 Å². The molecule has 104 valence electrons. The zero-order valence-electron chi connectivity index (χ0n) is 12.0. The molecule has 0 spiro atoms. The molecule has 0 aliphatic carbocycles. The third-order valence-electron chi connectivity index (χ3n) is 2.86. The number of amides is 1. The van der Waals surface area contributed by atoms with Gasteiger partial charge in [-0.1, -0.05) is 38.2 Å². The lowest BCUT2D eigenvalue weighted by molar-refractivity contribution is 0.0682. The van der Waals surface area contributed by atoms with Gasteiger partial charge in [0.25, 0.3) is 5.91 Å². The fourth-order valence-electron chi connectivity index (χ4n) is 1.86. The van der Waals surface area contributed by atoms with Gasteiger partial charge in [-0.25, -0.2) is 0 Å². The molecular formula is C15H22N2OS. The van der Waals surface area contributed by atoms with Gasteiger partial charge in [-0.05, 0) is 31.9 Å². The molecule has 2 N–H and O–H groups in total. The molecule has 0 atom stereocenters. The minimum atomic E-state index is 0.0539. The van der Waals surface area contributed by atoms with Crippen LogP contribution in [0.3, 0.4) is 0 Å². The van der Waals surface area contributed by atoms with Crippen LogP contribution in [-0.2, 0) is 0 Å². The van der Waals surface area contributed by atoms with Crippen LogP contribution >= 0.6 is 12.2 Å². The van der Waals surface area contributed by atoms with Crippen LogP contribution in [0.5, 0.6) is 0 Å². The third kappa shape index (κ3) is 4.31. The van der Waals surface area contributed by atoms with E-state index in [0.717, 1.165) is 12.1 Å². The standard InChI is InChI=1S/C15H22N2OS/c1-10(2)9-17(11(3)4)15(18)13-7-5-12(6-8-13)14(16)19/h5-8,10-11H,9H2,1-4H3,(H2,16,19). The Labute approximate surface area is 120 Å². The van der Waals surface area contributed by atoms with Crippen LogP contribution in [0.15, 0.2) is 24.3 Å². The third-order valence-corrected chi connectivity index (χ3v) is 3.10. The zero-order chi connectivity index (χ0) is 14.6. The van der Waals surface area contributed by atoms with Gasteiger partial charge < -0.3 is 10.6 Å². The average Bonchev–Trinajstić information content (AvgIpc) is 2.34. The van der Waals surface area contributed by atoms with Crippen molar-refractivity contribution in [1.82, 2.24) is 4.90 Å². The molecule has 0 aliphatic heterocycles. The van der Waals surface area contributed by atoms with Crippen LogP contribution in [0.4, 0.5) is 0 Å². The minimum absolute atomic E-state index is 0.0539. The molecule has 1 aromatic carbocycles. The van der Waals surface area contributed by atoms with Crippen molar-refractivity contribution in [3.8, 4) is 0 Å². The lowest BCUT2D eigenvalue weighted by atomic mass is 10.1. The Kier molecular flexibility index (Phi) is 5.48. The average molecular weight is 278 g/mol. The number of hydrogen-bond acceptors (Lipinski definition) is 2. The van der Waals surface area contributed by atoms with Gasteiger partial charge in [-0.2, -0.15) is 0 Å². The maximum absolute atomic E-state index is 12.5. The summed E-state index contributed by atoms with van der Waals surface area (Å²) in [5.74, 6) is 0.500. The van der Waals surface area contributed by atoms with E-state index in [4.69, 9.17) is 18.0 Å². The number of benzene rings is 1. The number of carbonyl (C=O) groups is 1. The van der Waals surface area contributed by atoms with Crippen molar-refractivity contribution in [2.75, 3.05) is 6.54 Å². The lowest BCUT2D eigenvalue weighted by Crippen LogP contribution is -2.39. The van der Waals surface area contributed by atoms with E-state index in [2.05, 4.69) is 13.8 Å². The maximum atomic E-state index is 12.5. The largest absolute Gasteiger partial charge is 0.389 e. The second kappa shape index (κ2) is 6.66. The quantitative estimate of drug-likeness (QED) is 0.842. The topological polar surface area (TPSA) is 46.3 Å². The molecule has 0 heterocycles. The number of hydrogen-bond donors (Lipinski definition) is 1. The predicted molar refractivity (Wildman–Crippen MR) is 83.3 cm³/mol. The molecule has 3 nitrogen and oxygen atoms in total. The number of rotatable bonds is 5. The summed E-state index contributed by atoms with van der Waals surface area (Å²) in [5.41, 5.74) is 7.01. The summed E-state index contributed by atoms with van der Waals surface area (Å²) in [6, 6.07) is 7.34. The first-order valence-electron chi connectivity index (χ1n) is 6.53. The van der Waals surface area contributed by atoms with Crippen molar-refractivity contribution >= 4 is 23.1 Å². The Morgan fingerprint density at radius 3 is 2.00 bits per heavy atom. The van der Waals surface area contributed by atoms with Crippen LogP contribution in [0, 0.1) is 5.92 Å². The van der Waals surface area contributed by atoms with E-state index in [1.54, 1.807) is 24.3 Å². The van der Waals surface area contributed by atoms with Gasteiger partial charge in [-0.3, -0.25) is 4.79 Å². The monoisotopic (exact) mass is 278 g/mol. The SMILES string of the molecule is CC(C)CN(C(=O)c1ccc(C(N)=S)cc1)C(C)C. The van der Waals surface area contributed by atoms with E-state index < -0.39 is 0 Å². The molecule has 0 fully saturated rings. The van der Waals surface area contributed by atoms with Gasteiger partial charge in [0.1, 0.15) is 4.99 Å². The normalized spacial score (nSPS) is 10.8. The van der Waals surface area contributed by atoms with E-state index in [1.165, 1.54) is 0 Å². The first-order chi connectivity index (χ1) is 8.82. The molecule has 0 saturated heterocycles. The molecule has 0 saturated carbocycles. The number of nitrogens with two attached hydrogens (primary N) is 1. The summed E-state index contributed by atoms with van der Waals surface area (Å²) >= 11 is 4.90. The van der Waals surface area contributed by atoms with Crippen molar-refractivity contribution in [3.63, 3.8) is 0 Å². The van der Waals surface area contributed by atoms with E-state index in [0.29, 0.717) is 16.5 Å². The highest BCUT2D eigenvalue weighted by molar-refractivity contribution is 7.80. The second-order valence-corrected chi connectivity index (χ2v) is 5.83. The molecule has 4 heteroatoms. The van der Waals surface area contributed by atoms with Crippen LogP contribution in [0.25, 0.3) is 0 Å². The zero-order valence-corrected chi connectivity index (χ0v) is 12.8. The summed E-state index contributed by atoms with van der Waals surface area (Å²) in [6.07, 6.45) is 0. The van der Waals surface area contributed by atoms with Gasteiger partial charge in [-0.15, -0.1) is 0 Å². The lowest BCUT2D eigenvalue weighted by Gasteiger charge is -2.28. The molecule has 1 amide bonds. The predicted octanol–water partition coefficient (Wildman–Crippen LogP) is 2.83. The van der Waals surface area contributed by atoms with Crippen LogP contribution in [0.2, 0.25) is 0 Å². The Morgan fingerprint density at radius 2 is 1.63 bits per heavy atom. The molecule has 1 aromatic rings. The van der Waals surface area contributed by atoms with Crippen LogP contribution in [-0.4, -0.2) is 28.4 Å². The van der Waals surface area contributed by atoms with E-state index in [-0.39, 0.29) is 11.9 Å². The van der Waals surface area contributed by atoms with Gasteiger partial charge in [0.15, 0.2) is 0 Å².